The molecule has 4 nitrogen and oxygen atoms in total. The van der Waals surface area contributed by atoms with Crippen molar-refractivity contribution in [3.8, 4) is 0 Å². The van der Waals surface area contributed by atoms with Crippen molar-refractivity contribution in [1.82, 2.24) is 9.55 Å². The number of hydrogen-bond acceptors (Lipinski definition) is 4. The van der Waals surface area contributed by atoms with Crippen LogP contribution in [0.4, 0.5) is 0 Å². The van der Waals surface area contributed by atoms with E-state index in [1.807, 2.05) is 23.7 Å². The average molecular weight is 373 g/mol. The van der Waals surface area contributed by atoms with Gasteiger partial charge in [-0.1, -0.05) is 48.8 Å². The minimum atomic E-state index is -0.324. The van der Waals surface area contributed by atoms with Crippen LogP contribution in [0.1, 0.15) is 38.2 Å². The Morgan fingerprint density at radius 2 is 1.91 bits per heavy atom. The van der Waals surface area contributed by atoms with Crippen molar-refractivity contribution >= 4 is 40.9 Å². The Bertz CT molecular complexity index is 709. The molecule has 0 saturated heterocycles. The summed E-state index contributed by atoms with van der Waals surface area (Å²) in [5.74, 6) is 0.658. The summed E-state index contributed by atoms with van der Waals surface area (Å²) in [6, 6.07) is 5.40. The number of halogens is 2. The zero-order valence-electron chi connectivity index (χ0n) is 13.4. The second kappa shape index (κ2) is 7.60. The predicted octanol–water partition coefficient (Wildman–Crippen LogP) is 5.06. The van der Waals surface area contributed by atoms with Crippen LogP contribution >= 0.6 is 35.0 Å². The van der Waals surface area contributed by atoms with Gasteiger partial charge in [0.25, 0.3) is 0 Å². The number of esters is 1. The fourth-order valence-corrected chi connectivity index (χ4v) is 4.11. The van der Waals surface area contributed by atoms with E-state index >= 15 is 0 Å². The standard InChI is InChI=1S/C16H18Cl2N2O2S/c1-9(2)15-16(19-14(20(15)4)8-22-10(3)21)23-13-6-11(17)5-12(18)7-13/h5-7,9H,8H2,1-4H3. The molecule has 2 aromatic rings. The van der Waals surface area contributed by atoms with Crippen molar-refractivity contribution in [2.24, 2.45) is 7.05 Å². The highest BCUT2D eigenvalue weighted by Gasteiger charge is 2.19. The lowest BCUT2D eigenvalue weighted by Gasteiger charge is -2.10. The van der Waals surface area contributed by atoms with Crippen LogP contribution < -0.4 is 0 Å². The van der Waals surface area contributed by atoms with Crippen LogP contribution in [0.2, 0.25) is 10.0 Å². The first-order valence-corrected chi connectivity index (χ1v) is 8.68. The van der Waals surface area contributed by atoms with Gasteiger partial charge in [0.15, 0.2) is 0 Å². The largest absolute Gasteiger partial charge is 0.458 e. The van der Waals surface area contributed by atoms with Crippen molar-refractivity contribution in [3.05, 3.63) is 39.8 Å². The number of aromatic nitrogens is 2. The molecule has 0 aliphatic heterocycles. The Hall–Kier alpha value is -1.17. The maximum Gasteiger partial charge on any atom is 0.303 e. The summed E-state index contributed by atoms with van der Waals surface area (Å²) in [5, 5.41) is 2.03. The Morgan fingerprint density at radius 1 is 1.30 bits per heavy atom. The number of carbonyl (C=O) groups is 1. The maximum atomic E-state index is 11.0. The minimum absolute atomic E-state index is 0.155. The van der Waals surface area contributed by atoms with Gasteiger partial charge in [-0.2, -0.15) is 0 Å². The monoisotopic (exact) mass is 372 g/mol. The highest BCUT2D eigenvalue weighted by Crippen LogP contribution is 2.36. The van der Waals surface area contributed by atoms with E-state index in [-0.39, 0.29) is 18.5 Å². The average Bonchev–Trinajstić information content (AvgIpc) is 2.71. The molecule has 0 amide bonds. The van der Waals surface area contributed by atoms with Crippen LogP contribution in [0.15, 0.2) is 28.1 Å². The van der Waals surface area contributed by atoms with Gasteiger partial charge in [0.1, 0.15) is 17.5 Å². The van der Waals surface area contributed by atoms with Gasteiger partial charge in [-0.25, -0.2) is 4.98 Å². The molecular weight excluding hydrogens is 355 g/mol. The minimum Gasteiger partial charge on any atom is -0.458 e. The van der Waals surface area contributed by atoms with Crippen molar-refractivity contribution in [3.63, 3.8) is 0 Å². The fourth-order valence-electron chi connectivity index (χ4n) is 2.24. The van der Waals surface area contributed by atoms with E-state index in [0.29, 0.717) is 15.9 Å². The van der Waals surface area contributed by atoms with Gasteiger partial charge in [0.05, 0.1) is 5.69 Å². The molecule has 1 aromatic carbocycles. The molecule has 7 heteroatoms. The molecule has 23 heavy (non-hydrogen) atoms. The fraction of sp³-hybridized carbons (Fsp3) is 0.375. The van der Waals surface area contributed by atoms with Gasteiger partial charge in [0.2, 0.25) is 0 Å². The molecule has 0 fully saturated rings. The van der Waals surface area contributed by atoms with Gasteiger partial charge >= 0.3 is 5.97 Å². The summed E-state index contributed by atoms with van der Waals surface area (Å²) in [7, 11) is 1.93. The Balaban J connectivity index is 2.36. The zero-order chi connectivity index (χ0) is 17.1. The molecule has 0 bridgehead atoms. The van der Waals surface area contributed by atoms with Crippen LogP contribution in [-0.2, 0) is 23.2 Å². The summed E-state index contributed by atoms with van der Waals surface area (Å²) in [6.07, 6.45) is 0. The van der Waals surface area contributed by atoms with E-state index in [1.54, 1.807) is 6.07 Å². The van der Waals surface area contributed by atoms with Gasteiger partial charge in [0, 0.05) is 28.9 Å². The SMILES string of the molecule is CC(=O)OCc1nc(Sc2cc(Cl)cc(Cl)c2)c(C(C)C)n1C. The topological polar surface area (TPSA) is 44.1 Å². The van der Waals surface area contributed by atoms with Crippen LogP contribution in [0.25, 0.3) is 0 Å². The molecule has 0 saturated carbocycles. The smallest absolute Gasteiger partial charge is 0.303 e. The summed E-state index contributed by atoms with van der Waals surface area (Å²) < 4.78 is 7.05. The van der Waals surface area contributed by atoms with Gasteiger partial charge < -0.3 is 9.30 Å². The third kappa shape index (κ3) is 4.66. The first-order valence-electron chi connectivity index (χ1n) is 7.10. The first kappa shape index (κ1) is 18.2. The third-order valence-electron chi connectivity index (χ3n) is 3.20. The highest BCUT2D eigenvalue weighted by molar-refractivity contribution is 7.99. The second-order valence-electron chi connectivity index (χ2n) is 5.42. The lowest BCUT2D eigenvalue weighted by Crippen LogP contribution is -2.07. The van der Waals surface area contributed by atoms with Crippen LogP contribution in [0.5, 0.6) is 0 Å². The number of hydrogen-bond donors (Lipinski definition) is 0. The first-order chi connectivity index (χ1) is 10.8. The number of benzene rings is 1. The maximum absolute atomic E-state index is 11.0. The van der Waals surface area contributed by atoms with E-state index < -0.39 is 0 Å². The molecule has 1 aromatic heterocycles. The van der Waals surface area contributed by atoms with E-state index in [4.69, 9.17) is 27.9 Å². The van der Waals surface area contributed by atoms with Gasteiger partial charge in [-0.15, -0.1) is 0 Å². The second-order valence-corrected chi connectivity index (χ2v) is 7.35. The normalized spacial score (nSPS) is 11.1. The number of imidazole rings is 1. The van der Waals surface area contributed by atoms with Gasteiger partial charge in [-0.3, -0.25) is 4.79 Å². The molecule has 2 rings (SSSR count). The molecule has 0 unspecified atom stereocenters. The molecule has 0 spiro atoms. The summed E-state index contributed by atoms with van der Waals surface area (Å²) >= 11 is 13.6. The lowest BCUT2D eigenvalue weighted by atomic mass is 10.1. The number of rotatable bonds is 5. The van der Waals surface area contributed by atoms with Crippen molar-refractivity contribution in [1.29, 1.82) is 0 Å². The highest BCUT2D eigenvalue weighted by atomic mass is 35.5. The molecule has 0 aliphatic carbocycles. The van der Waals surface area contributed by atoms with E-state index in [9.17, 15) is 4.79 Å². The zero-order valence-corrected chi connectivity index (χ0v) is 15.7. The van der Waals surface area contributed by atoms with E-state index in [2.05, 4.69) is 18.8 Å². The molecule has 0 radical (unpaired) electrons. The molecule has 0 atom stereocenters. The van der Waals surface area contributed by atoms with Crippen molar-refractivity contribution in [2.75, 3.05) is 0 Å². The summed E-state index contributed by atoms with van der Waals surface area (Å²) in [4.78, 5) is 16.6. The predicted molar refractivity (Wildman–Crippen MR) is 93.4 cm³/mol. The molecule has 124 valence electrons. The quantitative estimate of drug-likeness (QED) is 0.687. The number of nitrogens with zero attached hydrogens (tertiary/aromatic N) is 2. The summed E-state index contributed by atoms with van der Waals surface area (Å²) in [6.45, 7) is 5.74. The van der Waals surface area contributed by atoms with E-state index in [1.165, 1.54) is 18.7 Å². The molecule has 0 N–H and O–H groups in total. The van der Waals surface area contributed by atoms with Crippen LogP contribution in [0.3, 0.4) is 0 Å². The summed E-state index contributed by atoms with van der Waals surface area (Å²) in [5.41, 5.74) is 1.08. The number of carbonyl (C=O) groups excluding carboxylic acids is 1. The Kier molecular flexibility index (Phi) is 6.00. The Labute approximate surface area is 150 Å². The van der Waals surface area contributed by atoms with E-state index in [0.717, 1.165) is 15.6 Å². The van der Waals surface area contributed by atoms with Crippen LogP contribution in [0, 0.1) is 0 Å². The Morgan fingerprint density at radius 3 is 2.43 bits per heavy atom. The molecule has 0 aliphatic rings. The third-order valence-corrected chi connectivity index (χ3v) is 4.60. The van der Waals surface area contributed by atoms with Crippen molar-refractivity contribution < 1.29 is 9.53 Å². The number of ether oxygens (including phenoxy) is 1. The van der Waals surface area contributed by atoms with Crippen molar-refractivity contribution in [2.45, 2.75) is 43.2 Å². The van der Waals surface area contributed by atoms with Gasteiger partial charge in [-0.05, 0) is 24.1 Å². The van der Waals surface area contributed by atoms with Crippen LogP contribution in [-0.4, -0.2) is 15.5 Å². The molecule has 1 heterocycles. The lowest BCUT2D eigenvalue weighted by molar-refractivity contribution is -0.142. The molecular formula is C16H18Cl2N2O2S.